The molecular weight excluding hydrogens is 705 g/mol. The first kappa shape index (κ1) is 29.3. The Bertz CT molecular complexity index is 1780. The number of aromatic amines is 2. The maximum absolute atomic E-state index is 5.31. The lowest BCUT2D eigenvalue weighted by Crippen LogP contribution is -1.93. The van der Waals surface area contributed by atoms with Gasteiger partial charge in [0.1, 0.15) is 22.6 Å². The van der Waals surface area contributed by atoms with Crippen LogP contribution in [0.2, 0.25) is 0 Å². The summed E-state index contributed by atoms with van der Waals surface area (Å²) in [6.45, 7) is 0. The predicted molar refractivity (Wildman–Crippen MR) is 197 cm³/mol. The van der Waals surface area contributed by atoms with Crippen LogP contribution in [0.5, 0.6) is 0 Å². The highest BCUT2D eigenvalue weighted by Crippen LogP contribution is 2.49. The van der Waals surface area contributed by atoms with Gasteiger partial charge in [-0.3, -0.25) is 0 Å². The van der Waals surface area contributed by atoms with Gasteiger partial charge in [0.15, 0.2) is 23.3 Å². The molecule has 6 aliphatic heterocycles. The normalized spacial score (nSPS) is 20.5. The van der Waals surface area contributed by atoms with Crippen LogP contribution >= 0.6 is 94.1 Å². The van der Waals surface area contributed by atoms with E-state index in [4.69, 9.17) is 29.9 Å². The molecule has 0 radical (unpaired) electrons. The van der Waals surface area contributed by atoms with Crippen LogP contribution in [-0.4, -0.2) is 85.9 Å². The fourth-order valence-electron chi connectivity index (χ4n) is 5.42. The average Bonchev–Trinajstić information content (AvgIpc) is 3.41. The van der Waals surface area contributed by atoms with Crippen molar-refractivity contribution in [1.29, 1.82) is 0 Å². The molecule has 0 aliphatic carbocycles. The molecule has 3 aromatic heterocycles. The van der Waals surface area contributed by atoms with Gasteiger partial charge in [-0.15, -0.1) is 94.1 Å². The second-order valence-electron chi connectivity index (χ2n) is 10.4. The van der Waals surface area contributed by atoms with E-state index in [0.717, 1.165) is 137 Å². The van der Waals surface area contributed by atoms with Crippen molar-refractivity contribution >= 4 is 136 Å². The van der Waals surface area contributed by atoms with E-state index in [0.29, 0.717) is 0 Å². The highest BCUT2D eigenvalue weighted by atomic mass is 32.2. The number of hydrogen-bond acceptors (Lipinski definition) is 14. The number of fused-ring (bicyclic) bond motifs is 18. The van der Waals surface area contributed by atoms with Crippen LogP contribution in [0.1, 0.15) is 49.0 Å². The van der Waals surface area contributed by atoms with Gasteiger partial charge in [-0.2, -0.15) is 0 Å². The van der Waals surface area contributed by atoms with E-state index < -0.39 is 0 Å². The number of thioether (sulfide) groups is 8. The van der Waals surface area contributed by atoms with Crippen LogP contribution in [0.25, 0.3) is 42.2 Å². The van der Waals surface area contributed by atoms with E-state index >= 15 is 0 Å². The van der Waals surface area contributed by atoms with Crippen molar-refractivity contribution in [2.45, 2.75) is 45.3 Å². The number of nitrogens with zero attached hydrogens (tertiary/aromatic N) is 6. The molecule has 226 valence electrons. The van der Waals surface area contributed by atoms with Crippen LogP contribution in [0.15, 0.2) is 19.6 Å². The van der Waals surface area contributed by atoms with Gasteiger partial charge in [0.2, 0.25) is 0 Å². The van der Waals surface area contributed by atoms with Crippen LogP contribution in [0, 0.1) is 0 Å². The quantitative estimate of drug-likeness (QED) is 0.231. The largest absolute Gasteiger partial charge is 0.323 e. The van der Waals surface area contributed by atoms with Crippen LogP contribution in [0.4, 0.5) is 0 Å². The number of hydrogen-bond donors (Lipinski definition) is 2. The van der Waals surface area contributed by atoms with Crippen molar-refractivity contribution in [3.8, 4) is 0 Å². The van der Waals surface area contributed by atoms with Crippen molar-refractivity contribution in [3.05, 3.63) is 23.3 Å². The van der Waals surface area contributed by atoms with Gasteiger partial charge in [-0.1, -0.05) is 0 Å². The van der Waals surface area contributed by atoms with Gasteiger partial charge in [0, 0.05) is 0 Å². The zero-order chi connectivity index (χ0) is 29.0. The van der Waals surface area contributed by atoms with E-state index in [1.165, 1.54) is 19.6 Å². The maximum atomic E-state index is 5.31. The van der Waals surface area contributed by atoms with E-state index in [9.17, 15) is 0 Å². The summed E-state index contributed by atoms with van der Waals surface area (Å²) in [6, 6.07) is 0. The molecule has 0 atom stereocenters. The smallest absolute Gasteiger partial charge is 0.171 e. The fraction of sp³-hybridized carbons (Fsp3) is 0.429. The Labute approximate surface area is 288 Å². The molecule has 0 fully saturated rings. The Hall–Kier alpha value is -0.880. The highest BCUT2D eigenvalue weighted by Gasteiger charge is 2.30. The topological polar surface area (TPSA) is 109 Å². The van der Waals surface area contributed by atoms with Crippen molar-refractivity contribution < 1.29 is 0 Å². The Morgan fingerprint density at radius 2 is 0.591 bits per heavy atom. The zero-order valence-corrected chi connectivity index (χ0v) is 30.0. The summed E-state index contributed by atoms with van der Waals surface area (Å²) < 4.78 is 0. The first-order chi connectivity index (χ1) is 21.8. The Morgan fingerprint density at radius 3 is 0.932 bits per heavy atom. The maximum Gasteiger partial charge on any atom is 0.171 e. The zero-order valence-electron chi connectivity index (χ0n) is 23.4. The minimum Gasteiger partial charge on any atom is -0.323 e. The molecule has 8 bridgehead atoms. The van der Waals surface area contributed by atoms with Crippen LogP contribution in [0.3, 0.4) is 0 Å². The summed E-state index contributed by atoms with van der Waals surface area (Å²) in [4.78, 5) is 47.9. The Balaban J connectivity index is 1.40. The van der Waals surface area contributed by atoms with Crippen LogP contribution < -0.4 is 0 Å². The molecule has 0 aromatic carbocycles. The SMILES string of the molecule is C1CSC2=C(SC1)c1nc2nc2nc(nc3[nH]c(nc4[nH]c(n1)c1c4SCCCS1)c1c3SCCCS1)C1=C2SCCCS1. The lowest BCUT2D eigenvalue weighted by atomic mass is 10.4. The summed E-state index contributed by atoms with van der Waals surface area (Å²) in [5.74, 6) is 11.5. The van der Waals surface area contributed by atoms with Crippen LogP contribution in [-0.2, 0) is 0 Å². The number of rotatable bonds is 0. The number of nitrogens with one attached hydrogen (secondary N) is 2. The summed E-state index contributed by atoms with van der Waals surface area (Å²) in [5.41, 5.74) is 3.45. The number of aromatic nitrogens is 8. The molecule has 0 spiro atoms. The van der Waals surface area contributed by atoms with Gasteiger partial charge in [0.25, 0.3) is 0 Å². The minimum absolute atomic E-state index is 0.736. The monoisotopic (exact) mass is 730 g/mol. The standard InChI is InChI=1S/C28H26N8S8/c1-5-37-13-14(38-6-1)22-29-21(13)33-23-15-17(41-9-2-7-39-15)25(30-23)35-27-19-20(44-12-4-11-43-19)28(32-27)36-26-18-16(24(31-26)34-22)40-8-3-10-42-18/h1-12H2,(H2,29,30,31,32,33,34,35,36). The molecule has 0 unspecified atom stereocenters. The predicted octanol–water partition coefficient (Wildman–Crippen LogP) is 8.46. The fourth-order valence-corrected chi connectivity index (χ4v) is 15.1. The van der Waals surface area contributed by atoms with Gasteiger partial charge in [-0.25, -0.2) is 29.9 Å². The lowest BCUT2D eigenvalue weighted by Gasteiger charge is -2.02. The molecule has 0 saturated carbocycles. The third-order valence-electron chi connectivity index (χ3n) is 7.39. The molecule has 9 heterocycles. The van der Waals surface area contributed by atoms with Gasteiger partial charge >= 0.3 is 0 Å². The first-order valence-corrected chi connectivity index (χ1v) is 22.5. The van der Waals surface area contributed by atoms with E-state index in [-0.39, 0.29) is 0 Å². The van der Waals surface area contributed by atoms with E-state index in [1.807, 2.05) is 94.1 Å². The van der Waals surface area contributed by atoms with E-state index in [2.05, 4.69) is 9.97 Å². The molecule has 0 saturated heterocycles. The van der Waals surface area contributed by atoms with Crippen molar-refractivity contribution in [3.63, 3.8) is 0 Å². The molecule has 16 heteroatoms. The third-order valence-corrected chi connectivity index (χ3v) is 17.3. The molecule has 9 rings (SSSR count). The molecular formula is C28H26N8S8. The summed E-state index contributed by atoms with van der Waals surface area (Å²) >= 11 is 15.0. The molecule has 44 heavy (non-hydrogen) atoms. The third kappa shape index (κ3) is 5.36. The summed E-state index contributed by atoms with van der Waals surface area (Å²) in [7, 11) is 0. The van der Waals surface area contributed by atoms with Gasteiger partial charge < -0.3 is 9.97 Å². The molecule has 0 amide bonds. The number of H-pyrrole nitrogens is 2. The van der Waals surface area contributed by atoms with Gasteiger partial charge in [0.05, 0.1) is 39.2 Å². The summed E-state index contributed by atoms with van der Waals surface area (Å²) in [5, 5.41) is 0. The molecule has 6 aliphatic rings. The van der Waals surface area contributed by atoms with Crippen molar-refractivity contribution in [2.24, 2.45) is 0 Å². The van der Waals surface area contributed by atoms with E-state index in [1.54, 1.807) is 0 Å². The average molecular weight is 731 g/mol. The van der Waals surface area contributed by atoms with Crippen molar-refractivity contribution in [2.75, 3.05) is 46.0 Å². The Morgan fingerprint density at radius 1 is 0.318 bits per heavy atom. The molecule has 3 aromatic rings. The molecule has 2 N–H and O–H groups in total. The van der Waals surface area contributed by atoms with Crippen molar-refractivity contribution in [1.82, 2.24) is 39.9 Å². The van der Waals surface area contributed by atoms with Gasteiger partial charge in [-0.05, 0) is 71.7 Å². The summed E-state index contributed by atoms with van der Waals surface area (Å²) in [6.07, 6.45) is 4.61. The highest BCUT2D eigenvalue weighted by molar-refractivity contribution is 8.14. The second kappa shape index (κ2) is 12.6. The first-order valence-electron chi connectivity index (χ1n) is 14.6. The Kier molecular flexibility index (Phi) is 8.40. The second-order valence-corrected chi connectivity index (χ2v) is 19.3. The lowest BCUT2D eigenvalue weighted by molar-refractivity contribution is 1.06. The molecule has 8 nitrogen and oxygen atoms in total. The minimum atomic E-state index is 0.736.